The van der Waals surface area contributed by atoms with Crippen LogP contribution in [0.3, 0.4) is 0 Å². The SMILES string of the molecule is NCC1(N2CCN(CC3CC3)CC2)CCN2CCCCC21. The number of nitrogens with two attached hydrogens (primary N) is 1. The summed E-state index contributed by atoms with van der Waals surface area (Å²) in [7, 11) is 0. The van der Waals surface area contributed by atoms with E-state index in [1.54, 1.807) is 0 Å². The van der Waals surface area contributed by atoms with Gasteiger partial charge in [-0.15, -0.1) is 0 Å². The van der Waals surface area contributed by atoms with Gasteiger partial charge < -0.3 is 10.6 Å². The molecule has 2 N–H and O–H groups in total. The maximum Gasteiger partial charge on any atom is 0.0499 e. The Labute approximate surface area is 129 Å². The van der Waals surface area contributed by atoms with E-state index in [9.17, 15) is 0 Å². The fraction of sp³-hybridized carbons (Fsp3) is 1.00. The van der Waals surface area contributed by atoms with Crippen LogP contribution in [-0.2, 0) is 0 Å². The molecule has 0 radical (unpaired) electrons. The van der Waals surface area contributed by atoms with E-state index in [-0.39, 0.29) is 0 Å². The first-order valence-corrected chi connectivity index (χ1v) is 9.23. The third-order valence-corrected chi connectivity index (χ3v) is 6.63. The molecular weight excluding hydrogens is 260 g/mol. The van der Waals surface area contributed by atoms with E-state index in [1.807, 2.05) is 0 Å². The minimum absolute atomic E-state index is 0.298. The fourth-order valence-electron chi connectivity index (χ4n) is 5.15. The van der Waals surface area contributed by atoms with Crippen LogP contribution in [0.2, 0.25) is 0 Å². The molecule has 1 aliphatic carbocycles. The Hall–Kier alpha value is -0.160. The van der Waals surface area contributed by atoms with Crippen molar-refractivity contribution in [2.75, 3.05) is 52.4 Å². The molecule has 0 amide bonds. The number of hydrogen-bond donors (Lipinski definition) is 1. The van der Waals surface area contributed by atoms with E-state index in [2.05, 4.69) is 14.7 Å². The number of hydrogen-bond acceptors (Lipinski definition) is 4. The normalized spacial score (nSPS) is 39.6. The lowest BCUT2D eigenvalue weighted by Crippen LogP contribution is -2.65. The summed E-state index contributed by atoms with van der Waals surface area (Å²) in [6, 6.07) is 0.742. The summed E-state index contributed by atoms with van der Waals surface area (Å²) in [5.74, 6) is 1.03. The topological polar surface area (TPSA) is 35.7 Å². The lowest BCUT2D eigenvalue weighted by Gasteiger charge is -2.50. The zero-order valence-corrected chi connectivity index (χ0v) is 13.5. The maximum atomic E-state index is 6.35. The van der Waals surface area contributed by atoms with Crippen molar-refractivity contribution in [2.24, 2.45) is 11.7 Å². The van der Waals surface area contributed by atoms with Crippen LogP contribution in [0.25, 0.3) is 0 Å². The van der Waals surface area contributed by atoms with Crippen LogP contribution in [0.15, 0.2) is 0 Å². The third-order valence-electron chi connectivity index (χ3n) is 6.63. The molecule has 0 bridgehead atoms. The third kappa shape index (κ3) is 2.65. The molecule has 0 aromatic carbocycles. The summed E-state index contributed by atoms with van der Waals surface area (Å²) in [5, 5.41) is 0. The van der Waals surface area contributed by atoms with Gasteiger partial charge in [0.1, 0.15) is 0 Å². The van der Waals surface area contributed by atoms with E-state index in [0.29, 0.717) is 5.54 Å². The molecule has 120 valence electrons. The van der Waals surface area contributed by atoms with Gasteiger partial charge in [-0.1, -0.05) is 6.42 Å². The van der Waals surface area contributed by atoms with Crippen molar-refractivity contribution in [1.29, 1.82) is 0 Å². The van der Waals surface area contributed by atoms with E-state index in [4.69, 9.17) is 5.73 Å². The summed E-state index contributed by atoms with van der Waals surface area (Å²) in [6.45, 7) is 9.84. The quantitative estimate of drug-likeness (QED) is 0.837. The van der Waals surface area contributed by atoms with Gasteiger partial charge in [0.15, 0.2) is 0 Å². The minimum Gasteiger partial charge on any atom is -0.329 e. The molecule has 3 saturated heterocycles. The molecular formula is C17H32N4. The number of piperazine rings is 1. The van der Waals surface area contributed by atoms with Crippen LogP contribution in [0, 0.1) is 5.92 Å². The highest BCUT2D eigenvalue weighted by molar-refractivity contribution is 5.09. The van der Waals surface area contributed by atoms with Crippen molar-refractivity contribution < 1.29 is 0 Å². The first-order chi connectivity index (χ1) is 10.3. The average Bonchev–Trinajstić information content (AvgIpc) is 3.27. The molecule has 2 unspecified atom stereocenters. The lowest BCUT2D eigenvalue weighted by atomic mass is 9.83. The molecule has 1 saturated carbocycles. The minimum atomic E-state index is 0.298. The van der Waals surface area contributed by atoms with Crippen LogP contribution >= 0.6 is 0 Å². The molecule has 0 spiro atoms. The summed E-state index contributed by atoms with van der Waals surface area (Å²) in [4.78, 5) is 8.23. The summed E-state index contributed by atoms with van der Waals surface area (Å²) in [5.41, 5.74) is 6.65. The van der Waals surface area contributed by atoms with Gasteiger partial charge in [0.2, 0.25) is 0 Å². The zero-order chi connectivity index (χ0) is 14.3. The molecule has 0 aromatic rings. The second-order valence-corrected chi connectivity index (χ2v) is 7.84. The van der Waals surface area contributed by atoms with Gasteiger partial charge >= 0.3 is 0 Å². The Morgan fingerprint density at radius 3 is 2.43 bits per heavy atom. The molecule has 4 fully saturated rings. The molecule has 2 atom stereocenters. The van der Waals surface area contributed by atoms with Gasteiger partial charge in [0.25, 0.3) is 0 Å². The molecule has 4 nitrogen and oxygen atoms in total. The Bertz CT molecular complexity index is 362. The van der Waals surface area contributed by atoms with Gasteiger partial charge in [-0.3, -0.25) is 9.80 Å². The van der Waals surface area contributed by atoms with E-state index in [1.165, 1.54) is 84.3 Å². The standard InChI is InChI=1S/C17H32N4/c18-14-17(6-8-20-7-2-1-3-16(17)20)21-11-9-19(10-12-21)13-15-4-5-15/h15-16H,1-14,18H2. The first-order valence-electron chi connectivity index (χ1n) is 9.23. The molecule has 4 aliphatic rings. The van der Waals surface area contributed by atoms with Crippen molar-refractivity contribution in [3.05, 3.63) is 0 Å². The number of piperidine rings is 1. The predicted molar refractivity (Wildman–Crippen MR) is 86.4 cm³/mol. The fourth-order valence-corrected chi connectivity index (χ4v) is 5.15. The highest BCUT2D eigenvalue weighted by Gasteiger charge is 2.50. The molecule has 3 heterocycles. The van der Waals surface area contributed by atoms with E-state index in [0.717, 1.165) is 18.5 Å². The Morgan fingerprint density at radius 2 is 1.71 bits per heavy atom. The van der Waals surface area contributed by atoms with Crippen molar-refractivity contribution in [3.8, 4) is 0 Å². The highest BCUT2D eigenvalue weighted by atomic mass is 15.4. The van der Waals surface area contributed by atoms with Gasteiger partial charge in [-0.05, 0) is 44.6 Å². The molecule has 3 aliphatic heterocycles. The van der Waals surface area contributed by atoms with Crippen molar-refractivity contribution >= 4 is 0 Å². The van der Waals surface area contributed by atoms with Gasteiger partial charge in [-0.2, -0.15) is 0 Å². The maximum absolute atomic E-state index is 6.35. The second kappa shape index (κ2) is 5.80. The number of rotatable bonds is 4. The molecule has 4 rings (SSSR count). The van der Waals surface area contributed by atoms with Crippen molar-refractivity contribution in [3.63, 3.8) is 0 Å². The summed E-state index contributed by atoms with van der Waals surface area (Å²) >= 11 is 0. The summed E-state index contributed by atoms with van der Waals surface area (Å²) < 4.78 is 0. The Kier molecular flexibility index (Phi) is 3.99. The first kappa shape index (κ1) is 14.4. The second-order valence-electron chi connectivity index (χ2n) is 7.84. The lowest BCUT2D eigenvalue weighted by molar-refractivity contribution is 0.00205. The van der Waals surface area contributed by atoms with Gasteiger partial charge in [0, 0.05) is 57.4 Å². The zero-order valence-electron chi connectivity index (χ0n) is 13.5. The van der Waals surface area contributed by atoms with Crippen LogP contribution < -0.4 is 5.73 Å². The van der Waals surface area contributed by atoms with Crippen molar-refractivity contribution in [2.45, 2.75) is 50.1 Å². The number of nitrogens with zero attached hydrogens (tertiary/aromatic N) is 3. The Balaban J connectivity index is 1.41. The van der Waals surface area contributed by atoms with E-state index >= 15 is 0 Å². The predicted octanol–water partition coefficient (Wildman–Crippen LogP) is 0.970. The smallest absolute Gasteiger partial charge is 0.0499 e. The van der Waals surface area contributed by atoms with E-state index < -0.39 is 0 Å². The van der Waals surface area contributed by atoms with Crippen LogP contribution in [-0.4, -0.2) is 78.6 Å². The van der Waals surface area contributed by atoms with Gasteiger partial charge in [0.05, 0.1) is 0 Å². The largest absolute Gasteiger partial charge is 0.329 e. The highest BCUT2D eigenvalue weighted by Crippen LogP contribution is 2.39. The average molecular weight is 292 g/mol. The summed E-state index contributed by atoms with van der Waals surface area (Å²) in [6.07, 6.45) is 8.43. The van der Waals surface area contributed by atoms with Gasteiger partial charge in [-0.25, -0.2) is 0 Å². The molecule has 21 heavy (non-hydrogen) atoms. The monoisotopic (exact) mass is 292 g/mol. The number of fused-ring (bicyclic) bond motifs is 1. The van der Waals surface area contributed by atoms with Crippen LogP contribution in [0.1, 0.15) is 38.5 Å². The molecule has 4 heteroatoms. The van der Waals surface area contributed by atoms with Crippen LogP contribution in [0.5, 0.6) is 0 Å². The van der Waals surface area contributed by atoms with Crippen molar-refractivity contribution in [1.82, 2.24) is 14.7 Å². The Morgan fingerprint density at radius 1 is 0.905 bits per heavy atom. The molecule has 0 aromatic heterocycles. The van der Waals surface area contributed by atoms with Crippen LogP contribution in [0.4, 0.5) is 0 Å².